The fourth-order valence-electron chi connectivity index (χ4n) is 5.13. The first-order valence-corrected chi connectivity index (χ1v) is 12.3. The summed E-state index contributed by atoms with van der Waals surface area (Å²) in [5, 5.41) is 0. The number of ether oxygens (including phenoxy) is 2. The van der Waals surface area contributed by atoms with Gasteiger partial charge in [0.15, 0.2) is 0 Å². The first-order valence-electron chi connectivity index (χ1n) is 12.3. The van der Waals surface area contributed by atoms with Gasteiger partial charge in [0.1, 0.15) is 5.60 Å². The summed E-state index contributed by atoms with van der Waals surface area (Å²) >= 11 is 0. The van der Waals surface area contributed by atoms with Crippen molar-refractivity contribution in [3.05, 3.63) is 47.5 Å². The van der Waals surface area contributed by atoms with Crippen molar-refractivity contribution in [2.45, 2.75) is 85.3 Å². The topological polar surface area (TPSA) is 55.8 Å². The maximum atomic E-state index is 12.8. The summed E-state index contributed by atoms with van der Waals surface area (Å²) in [6, 6.07) is 8.89. The van der Waals surface area contributed by atoms with E-state index in [4.69, 9.17) is 9.47 Å². The molecular formula is C28H43NO4. The van der Waals surface area contributed by atoms with E-state index in [-0.39, 0.29) is 24.9 Å². The normalized spacial score (nSPS) is 23.2. The van der Waals surface area contributed by atoms with Crippen LogP contribution in [0.3, 0.4) is 0 Å². The number of benzene rings is 1. The maximum absolute atomic E-state index is 12.8. The van der Waals surface area contributed by atoms with Crippen molar-refractivity contribution in [1.82, 2.24) is 4.90 Å². The van der Waals surface area contributed by atoms with Gasteiger partial charge in [0.05, 0.1) is 13.0 Å². The number of hydrogen-bond donors (Lipinski definition) is 0. The molecule has 0 unspecified atom stereocenters. The van der Waals surface area contributed by atoms with Crippen LogP contribution in [0.5, 0.6) is 0 Å². The lowest BCUT2D eigenvalue weighted by atomic mass is 9.61. The molecule has 1 aromatic carbocycles. The zero-order valence-electron chi connectivity index (χ0n) is 21.5. The van der Waals surface area contributed by atoms with Gasteiger partial charge in [0, 0.05) is 12.0 Å². The summed E-state index contributed by atoms with van der Waals surface area (Å²) in [6.45, 7) is 20.1. The van der Waals surface area contributed by atoms with Crippen LogP contribution in [-0.4, -0.2) is 42.6 Å². The van der Waals surface area contributed by atoms with Crippen LogP contribution in [0.1, 0.15) is 84.3 Å². The Balaban J connectivity index is 2.30. The largest absolute Gasteiger partial charge is 0.467 e. The van der Waals surface area contributed by atoms with E-state index in [1.165, 1.54) is 11.1 Å². The molecule has 5 nitrogen and oxygen atoms in total. The summed E-state index contributed by atoms with van der Waals surface area (Å²) in [6.07, 6.45) is 2.71. The van der Waals surface area contributed by atoms with E-state index in [2.05, 4.69) is 56.5 Å². The molecular weight excluding hydrogens is 414 g/mol. The Morgan fingerprint density at radius 1 is 1.21 bits per heavy atom. The molecule has 0 N–H and O–H groups in total. The standard InChI is InChI=1S/C28H43NO4/c1-8-29(9-2)18-22-10-12-23(13-11-22)25-16-28(19-32-20-30,15-14-24(25)21(3)4)17-26(31)33-27(5,6)7/h10-13,20,24-25H,3,8-9,14-19H2,1-2,4-7H3/t24-,25-,28-/m0/s1. The van der Waals surface area contributed by atoms with E-state index in [0.717, 1.165) is 44.5 Å². The predicted molar refractivity (Wildman–Crippen MR) is 133 cm³/mol. The van der Waals surface area contributed by atoms with Gasteiger partial charge in [-0.25, -0.2) is 0 Å². The highest BCUT2D eigenvalue weighted by Gasteiger charge is 2.44. The molecule has 1 fully saturated rings. The molecule has 0 saturated heterocycles. The van der Waals surface area contributed by atoms with Crippen LogP contribution in [0.2, 0.25) is 0 Å². The highest BCUT2D eigenvalue weighted by molar-refractivity contribution is 5.71. The Labute approximate surface area is 200 Å². The lowest BCUT2D eigenvalue weighted by Gasteiger charge is -2.44. The first kappa shape index (κ1) is 27.1. The molecule has 0 spiro atoms. The van der Waals surface area contributed by atoms with E-state index in [1.54, 1.807) is 0 Å². The minimum Gasteiger partial charge on any atom is -0.467 e. The van der Waals surface area contributed by atoms with Crippen molar-refractivity contribution in [2.24, 2.45) is 11.3 Å². The Hall–Kier alpha value is -2.14. The highest BCUT2D eigenvalue weighted by Crippen LogP contribution is 2.51. The van der Waals surface area contributed by atoms with Crippen LogP contribution < -0.4 is 0 Å². The Morgan fingerprint density at radius 2 is 1.85 bits per heavy atom. The minimum atomic E-state index is -0.543. The van der Waals surface area contributed by atoms with Gasteiger partial charge in [0.2, 0.25) is 0 Å². The van der Waals surface area contributed by atoms with E-state index in [1.807, 2.05) is 20.8 Å². The molecule has 0 bridgehead atoms. The number of hydrogen-bond acceptors (Lipinski definition) is 5. The molecule has 5 heteroatoms. The Morgan fingerprint density at radius 3 is 2.36 bits per heavy atom. The van der Waals surface area contributed by atoms with Gasteiger partial charge in [-0.15, -0.1) is 0 Å². The quantitative estimate of drug-likeness (QED) is 0.236. The van der Waals surface area contributed by atoms with Crippen molar-refractivity contribution in [2.75, 3.05) is 19.7 Å². The van der Waals surface area contributed by atoms with Crippen LogP contribution in [0.25, 0.3) is 0 Å². The van der Waals surface area contributed by atoms with Crippen molar-refractivity contribution < 1.29 is 19.1 Å². The number of allylic oxidation sites excluding steroid dienone is 1. The summed E-state index contributed by atoms with van der Waals surface area (Å²) in [5.41, 5.74) is 2.74. The van der Waals surface area contributed by atoms with Gasteiger partial charge in [0.25, 0.3) is 6.47 Å². The van der Waals surface area contributed by atoms with Crippen LogP contribution in [0.4, 0.5) is 0 Å². The van der Waals surface area contributed by atoms with Crippen molar-refractivity contribution in [3.8, 4) is 0 Å². The third kappa shape index (κ3) is 7.99. The molecule has 0 radical (unpaired) electrons. The van der Waals surface area contributed by atoms with Crippen molar-refractivity contribution >= 4 is 12.4 Å². The fourth-order valence-corrected chi connectivity index (χ4v) is 5.13. The molecule has 184 valence electrons. The number of carbonyl (C=O) groups is 2. The second kappa shape index (κ2) is 11.8. The second-order valence-corrected chi connectivity index (χ2v) is 10.7. The third-order valence-corrected chi connectivity index (χ3v) is 6.86. The average Bonchev–Trinajstić information content (AvgIpc) is 2.75. The number of esters is 1. The Bertz CT molecular complexity index is 791. The molecule has 3 atom stereocenters. The number of carbonyl (C=O) groups excluding carboxylic acids is 2. The third-order valence-electron chi connectivity index (χ3n) is 6.86. The summed E-state index contributed by atoms with van der Waals surface area (Å²) in [4.78, 5) is 26.2. The monoisotopic (exact) mass is 457 g/mol. The van der Waals surface area contributed by atoms with E-state index in [0.29, 0.717) is 12.4 Å². The first-order chi connectivity index (χ1) is 15.5. The van der Waals surface area contributed by atoms with Gasteiger partial charge in [-0.3, -0.25) is 14.5 Å². The zero-order valence-corrected chi connectivity index (χ0v) is 21.5. The van der Waals surface area contributed by atoms with Crippen LogP contribution in [-0.2, 0) is 25.6 Å². The smallest absolute Gasteiger partial charge is 0.307 e. The lowest BCUT2D eigenvalue weighted by Crippen LogP contribution is -2.39. The van der Waals surface area contributed by atoms with E-state index < -0.39 is 11.0 Å². The number of nitrogens with zero attached hydrogens (tertiary/aromatic N) is 1. The fraction of sp³-hybridized carbons (Fsp3) is 0.643. The molecule has 0 amide bonds. The van der Waals surface area contributed by atoms with Crippen molar-refractivity contribution in [3.63, 3.8) is 0 Å². The average molecular weight is 458 g/mol. The molecule has 2 rings (SSSR count). The van der Waals surface area contributed by atoms with Gasteiger partial charge in [-0.2, -0.15) is 0 Å². The van der Waals surface area contributed by atoms with Crippen LogP contribution in [0, 0.1) is 11.3 Å². The van der Waals surface area contributed by atoms with Crippen LogP contribution >= 0.6 is 0 Å². The van der Waals surface area contributed by atoms with Gasteiger partial charge in [-0.05, 0) is 83.0 Å². The summed E-state index contributed by atoms with van der Waals surface area (Å²) in [5.74, 6) is 0.317. The van der Waals surface area contributed by atoms with Gasteiger partial charge < -0.3 is 9.47 Å². The SMILES string of the molecule is C=C(C)[C@@H]1CC[C@@](COC=O)(CC(=O)OC(C)(C)C)C[C@H]1c1ccc(CN(CC)CC)cc1. The molecule has 33 heavy (non-hydrogen) atoms. The minimum absolute atomic E-state index is 0.219. The summed E-state index contributed by atoms with van der Waals surface area (Å²) < 4.78 is 10.9. The molecule has 0 aliphatic heterocycles. The highest BCUT2D eigenvalue weighted by atomic mass is 16.6. The molecule has 1 aliphatic carbocycles. The molecule has 1 saturated carbocycles. The van der Waals surface area contributed by atoms with Crippen molar-refractivity contribution in [1.29, 1.82) is 0 Å². The molecule has 0 heterocycles. The molecule has 1 aromatic rings. The van der Waals surface area contributed by atoms with Gasteiger partial charge in [-0.1, -0.05) is 50.3 Å². The van der Waals surface area contributed by atoms with Crippen LogP contribution in [0.15, 0.2) is 36.4 Å². The zero-order chi connectivity index (χ0) is 24.6. The van der Waals surface area contributed by atoms with Gasteiger partial charge >= 0.3 is 5.97 Å². The van der Waals surface area contributed by atoms with E-state index >= 15 is 0 Å². The second-order valence-electron chi connectivity index (χ2n) is 10.7. The molecule has 1 aliphatic rings. The Kier molecular flexibility index (Phi) is 9.71. The lowest BCUT2D eigenvalue weighted by molar-refractivity contribution is -0.161. The van der Waals surface area contributed by atoms with E-state index in [9.17, 15) is 9.59 Å². The maximum Gasteiger partial charge on any atom is 0.307 e. The number of rotatable bonds is 11. The predicted octanol–water partition coefficient (Wildman–Crippen LogP) is 5.88. The molecule has 0 aromatic heterocycles. The summed E-state index contributed by atoms with van der Waals surface area (Å²) in [7, 11) is 0.